The smallest absolute Gasteiger partial charge is 0.107 e. The van der Waals surface area contributed by atoms with Crippen molar-refractivity contribution in [2.45, 2.75) is 44.9 Å². The number of hydrogen-bond donors (Lipinski definition) is 0. The van der Waals surface area contributed by atoms with E-state index >= 15 is 0 Å². The number of benzene rings is 1. The van der Waals surface area contributed by atoms with Gasteiger partial charge < -0.3 is 0 Å². The van der Waals surface area contributed by atoms with E-state index < -0.39 is 0 Å². The Bertz CT molecular complexity index is 555. The Kier molecular flexibility index (Phi) is 5.24. The van der Waals surface area contributed by atoms with Crippen molar-refractivity contribution < 1.29 is 0 Å². The van der Waals surface area contributed by atoms with Gasteiger partial charge in [0.25, 0.3) is 0 Å². The molecule has 0 radical (unpaired) electrons. The number of likely N-dealkylation sites (tertiary alicyclic amines) is 1. The number of nitrogens with zero attached hydrogens (tertiary/aromatic N) is 3. The molecule has 1 aliphatic rings. The largest absolute Gasteiger partial charge is 0.297 e. The van der Waals surface area contributed by atoms with Gasteiger partial charge in [0.05, 0.1) is 6.54 Å². The lowest BCUT2D eigenvalue weighted by atomic mass is 9.96. The molecule has 0 N–H and O–H groups in total. The van der Waals surface area contributed by atoms with Gasteiger partial charge in [0.15, 0.2) is 0 Å². The Labute approximate surface area is 137 Å². The average Bonchev–Trinajstić information content (AvgIpc) is 3.03. The fraction of sp³-hybridized carbons (Fsp3) is 0.500. The molecule has 2 atom stereocenters. The van der Waals surface area contributed by atoms with Gasteiger partial charge in [-0.2, -0.15) is 0 Å². The van der Waals surface area contributed by atoms with Gasteiger partial charge >= 0.3 is 0 Å². The molecule has 3 rings (SSSR count). The van der Waals surface area contributed by atoms with E-state index in [1.165, 1.54) is 30.0 Å². The Balaban J connectivity index is 1.53. The molecule has 0 spiro atoms. The van der Waals surface area contributed by atoms with Gasteiger partial charge in [0.2, 0.25) is 0 Å². The second-order valence-electron chi connectivity index (χ2n) is 6.32. The lowest BCUT2D eigenvalue weighted by Crippen LogP contribution is -2.47. The molecule has 4 heteroatoms. The minimum absolute atomic E-state index is 0.637. The van der Waals surface area contributed by atoms with Gasteiger partial charge in [0.1, 0.15) is 5.01 Å². The van der Waals surface area contributed by atoms with E-state index in [2.05, 4.69) is 64.5 Å². The van der Waals surface area contributed by atoms with Crippen molar-refractivity contribution in [1.82, 2.24) is 14.8 Å². The zero-order valence-electron chi connectivity index (χ0n) is 13.5. The zero-order chi connectivity index (χ0) is 15.4. The van der Waals surface area contributed by atoms with Gasteiger partial charge in [-0.15, -0.1) is 11.3 Å². The molecule has 0 aliphatic carbocycles. The van der Waals surface area contributed by atoms with Crippen LogP contribution in [0.1, 0.15) is 30.3 Å². The summed E-state index contributed by atoms with van der Waals surface area (Å²) in [5, 5.41) is 3.29. The number of piperidine rings is 1. The van der Waals surface area contributed by atoms with Crippen molar-refractivity contribution in [2.24, 2.45) is 0 Å². The minimum atomic E-state index is 0.637. The standard InChI is InChI=1S/C18H25N3S/c1-15-12-17(20(2)14-18-19-9-11-22-18)8-10-21(15)13-16-6-4-3-5-7-16/h3-7,9,11,15,17H,8,10,12-14H2,1-2H3/t15-,17-/m1/s1. The van der Waals surface area contributed by atoms with E-state index in [4.69, 9.17) is 0 Å². The normalized spacial score (nSPS) is 23.0. The second-order valence-corrected chi connectivity index (χ2v) is 7.30. The number of aromatic nitrogens is 1. The highest BCUT2D eigenvalue weighted by atomic mass is 32.1. The lowest BCUT2D eigenvalue weighted by Gasteiger charge is -2.41. The Morgan fingerprint density at radius 2 is 2.14 bits per heavy atom. The third-order valence-electron chi connectivity index (χ3n) is 4.71. The van der Waals surface area contributed by atoms with E-state index in [9.17, 15) is 0 Å². The van der Waals surface area contributed by atoms with Crippen molar-refractivity contribution >= 4 is 11.3 Å². The molecule has 1 fully saturated rings. The molecule has 1 aromatic heterocycles. The van der Waals surface area contributed by atoms with Gasteiger partial charge in [-0.05, 0) is 32.4 Å². The van der Waals surface area contributed by atoms with Crippen molar-refractivity contribution in [3.63, 3.8) is 0 Å². The topological polar surface area (TPSA) is 19.4 Å². The van der Waals surface area contributed by atoms with Crippen LogP contribution in [0.5, 0.6) is 0 Å². The van der Waals surface area contributed by atoms with Crippen molar-refractivity contribution in [3.05, 3.63) is 52.5 Å². The predicted molar refractivity (Wildman–Crippen MR) is 92.9 cm³/mol. The number of rotatable bonds is 5. The summed E-state index contributed by atoms with van der Waals surface area (Å²) < 4.78 is 0. The molecule has 2 aromatic rings. The Morgan fingerprint density at radius 3 is 2.82 bits per heavy atom. The maximum atomic E-state index is 4.41. The van der Waals surface area contributed by atoms with Gasteiger partial charge in [-0.25, -0.2) is 4.98 Å². The van der Waals surface area contributed by atoms with Gasteiger partial charge in [-0.3, -0.25) is 9.80 Å². The van der Waals surface area contributed by atoms with Crippen molar-refractivity contribution in [3.8, 4) is 0 Å². The van der Waals surface area contributed by atoms with E-state index in [-0.39, 0.29) is 0 Å². The second kappa shape index (κ2) is 7.36. The van der Waals surface area contributed by atoms with Crippen molar-refractivity contribution in [2.75, 3.05) is 13.6 Å². The molecule has 1 aromatic carbocycles. The maximum Gasteiger partial charge on any atom is 0.107 e. The van der Waals surface area contributed by atoms with Gasteiger partial charge in [0, 0.05) is 36.8 Å². The SMILES string of the molecule is C[C@@H]1C[C@H](N(C)Cc2nccs2)CCN1Cc1ccccc1. The number of thiazole rings is 1. The fourth-order valence-corrected chi connectivity index (χ4v) is 4.00. The summed E-state index contributed by atoms with van der Waals surface area (Å²) in [6, 6.07) is 12.1. The molecule has 1 aliphatic heterocycles. The first-order valence-electron chi connectivity index (χ1n) is 8.09. The average molecular weight is 315 g/mol. The predicted octanol–water partition coefficient (Wildman–Crippen LogP) is 3.63. The summed E-state index contributed by atoms with van der Waals surface area (Å²) in [7, 11) is 2.24. The summed E-state index contributed by atoms with van der Waals surface area (Å²) in [6.07, 6.45) is 4.40. The molecule has 0 amide bonds. The van der Waals surface area contributed by atoms with Crippen LogP contribution in [0.15, 0.2) is 41.9 Å². The number of hydrogen-bond acceptors (Lipinski definition) is 4. The van der Waals surface area contributed by atoms with Crippen LogP contribution in [0.2, 0.25) is 0 Å². The summed E-state index contributed by atoms with van der Waals surface area (Å²) >= 11 is 1.76. The summed E-state index contributed by atoms with van der Waals surface area (Å²) in [5.74, 6) is 0. The first-order chi connectivity index (χ1) is 10.7. The van der Waals surface area contributed by atoms with E-state index in [1.54, 1.807) is 11.3 Å². The first-order valence-corrected chi connectivity index (χ1v) is 8.97. The summed E-state index contributed by atoms with van der Waals surface area (Å²) in [4.78, 5) is 9.50. The van der Waals surface area contributed by atoms with Crippen molar-refractivity contribution in [1.29, 1.82) is 0 Å². The molecular formula is C18H25N3S. The highest BCUT2D eigenvalue weighted by Gasteiger charge is 2.27. The highest BCUT2D eigenvalue weighted by molar-refractivity contribution is 7.09. The molecule has 22 heavy (non-hydrogen) atoms. The highest BCUT2D eigenvalue weighted by Crippen LogP contribution is 2.24. The molecule has 1 saturated heterocycles. The maximum absolute atomic E-state index is 4.41. The molecule has 2 heterocycles. The van der Waals surface area contributed by atoms with Crippen LogP contribution in [0.4, 0.5) is 0 Å². The monoisotopic (exact) mass is 315 g/mol. The third kappa shape index (κ3) is 3.94. The quantitative estimate of drug-likeness (QED) is 0.840. The Hall–Kier alpha value is -1.23. The third-order valence-corrected chi connectivity index (χ3v) is 5.47. The molecule has 0 saturated carbocycles. The molecule has 118 valence electrons. The van der Waals surface area contributed by atoms with Crippen LogP contribution in [0.3, 0.4) is 0 Å². The van der Waals surface area contributed by atoms with Crippen LogP contribution in [-0.4, -0.2) is 40.5 Å². The Morgan fingerprint density at radius 1 is 1.32 bits per heavy atom. The van der Waals surface area contributed by atoms with Crippen LogP contribution in [0, 0.1) is 0 Å². The molecular weight excluding hydrogens is 290 g/mol. The summed E-state index contributed by atoms with van der Waals surface area (Å²) in [6.45, 7) is 5.61. The van der Waals surface area contributed by atoms with E-state index in [1.807, 2.05) is 6.20 Å². The molecule has 0 unspecified atom stereocenters. The molecule has 3 nitrogen and oxygen atoms in total. The van der Waals surface area contributed by atoms with E-state index in [0.717, 1.165) is 13.1 Å². The van der Waals surface area contributed by atoms with Crippen LogP contribution < -0.4 is 0 Å². The molecule has 0 bridgehead atoms. The first kappa shape index (κ1) is 15.7. The minimum Gasteiger partial charge on any atom is -0.297 e. The fourth-order valence-electron chi connectivity index (χ4n) is 3.32. The zero-order valence-corrected chi connectivity index (χ0v) is 14.3. The van der Waals surface area contributed by atoms with E-state index in [0.29, 0.717) is 12.1 Å². The van der Waals surface area contributed by atoms with Crippen LogP contribution in [0.25, 0.3) is 0 Å². The lowest BCUT2D eigenvalue weighted by molar-refractivity contribution is 0.0771. The summed E-state index contributed by atoms with van der Waals surface area (Å²) in [5.41, 5.74) is 1.42. The van der Waals surface area contributed by atoms with Crippen LogP contribution in [-0.2, 0) is 13.1 Å². The van der Waals surface area contributed by atoms with Gasteiger partial charge in [-0.1, -0.05) is 30.3 Å². The van der Waals surface area contributed by atoms with Crippen LogP contribution >= 0.6 is 11.3 Å².